The minimum atomic E-state index is -4.58. The zero-order valence-corrected chi connectivity index (χ0v) is 18.8. The van der Waals surface area contributed by atoms with Crippen molar-refractivity contribution in [2.75, 3.05) is 0 Å². The van der Waals surface area contributed by atoms with Gasteiger partial charge in [-0.3, -0.25) is 0 Å². The minimum absolute atomic E-state index is 0.104. The summed E-state index contributed by atoms with van der Waals surface area (Å²) < 4.78 is 48.1. The molecular weight excluding hydrogens is 431 g/mol. The lowest BCUT2D eigenvalue weighted by atomic mass is 9.87. The van der Waals surface area contributed by atoms with Gasteiger partial charge in [-0.1, -0.05) is 29.9 Å². The number of nitrogens with zero attached hydrogens (tertiary/aromatic N) is 7. The van der Waals surface area contributed by atoms with Crippen LogP contribution in [-0.2, 0) is 17.5 Å². The van der Waals surface area contributed by atoms with Crippen molar-refractivity contribution < 1.29 is 22.3 Å². The van der Waals surface area contributed by atoms with Crippen LogP contribution in [0.4, 0.5) is 13.2 Å². The van der Waals surface area contributed by atoms with Crippen LogP contribution in [0.5, 0.6) is 0 Å². The van der Waals surface area contributed by atoms with Crippen LogP contribution in [-0.4, -0.2) is 24.5 Å². The maximum Gasteiger partial charge on any atom is 0.583 e. The Labute approximate surface area is 187 Å². The summed E-state index contributed by atoms with van der Waals surface area (Å²) in [5, 5.41) is 8.83. The number of pyridine rings is 1. The Morgan fingerprint density at radius 1 is 0.879 bits per heavy atom. The normalized spacial score (nSPS) is 18.4. The van der Waals surface area contributed by atoms with Crippen LogP contribution in [0.25, 0.3) is 22.8 Å². The molecule has 0 N–H and O–H groups in total. The predicted molar refractivity (Wildman–Crippen MR) is 111 cm³/mol. The highest BCUT2D eigenvalue weighted by molar-refractivity contribution is 5.58. The summed E-state index contributed by atoms with van der Waals surface area (Å²) in [6.07, 6.45) is 0.761. The van der Waals surface area contributed by atoms with E-state index >= 15 is 0 Å². The van der Waals surface area contributed by atoms with E-state index in [4.69, 9.17) is 5.10 Å². The van der Waals surface area contributed by atoms with Gasteiger partial charge in [-0.05, 0) is 30.9 Å². The molecule has 0 aliphatic carbocycles. The summed E-state index contributed by atoms with van der Waals surface area (Å²) in [4.78, 5) is 4.36. The molecule has 1 spiro atoms. The molecule has 33 heavy (non-hydrogen) atoms. The van der Waals surface area contributed by atoms with Gasteiger partial charge in [0.1, 0.15) is 17.6 Å². The quantitative estimate of drug-likeness (QED) is 0.332. The minimum Gasteiger partial charge on any atom is -0.248 e. The Morgan fingerprint density at radius 3 is 2.27 bits per heavy atom. The molecular formula is C23H22F3N7+2. The van der Waals surface area contributed by atoms with E-state index in [2.05, 4.69) is 36.9 Å². The summed E-state index contributed by atoms with van der Waals surface area (Å²) >= 11 is 0. The van der Waals surface area contributed by atoms with Crippen LogP contribution in [0.2, 0.25) is 0 Å². The van der Waals surface area contributed by atoms with E-state index < -0.39 is 17.8 Å². The van der Waals surface area contributed by atoms with Gasteiger partial charge in [-0.2, -0.15) is 23.4 Å². The fourth-order valence-electron chi connectivity index (χ4n) is 4.83. The van der Waals surface area contributed by atoms with Crippen LogP contribution < -0.4 is 9.13 Å². The molecule has 0 radical (unpaired) electrons. The first-order valence-electron chi connectivity index (χ1n) is 10.6. The molecule has 0 bridgehead atoms. The fourth-order valence-corrected chi connectivity index (χ4v) is 4.83. The van der Waals surface area contributed by atoms with E-state index in [9.17, 15) is 13.2 Å². The van der Waals surface area contributed by atoms with E-state index in [1.165, 1.54) is 4.68 Å². The average molecular weight is 453 g/mol. The molecule has 0 amide bonds. The molecule has 7 nitrogen and oxygen atoms in total. The van der Waals surface area contributed by atoms with E-state index in [0.29, 0.717) is 11.4 Å². The highest BCUT2D eigenvalue weighted by atomic mass is 19.4. The van der Waals surface area contributed by atoms with Gasteiger partial charge in [0, 0.05) is 18.2 Å². The summed E-state index contributed by atoms with van der Waals surface area (Å²) in [5.74, 6) is -1.31. The molecule has 168 valence electrons. The number of aromatic nitrogens is 7. The van der Waals surface area contributed by atoms with Crippen LogP contribution in [0.1, 0.15) is 43.4 Å². The van der Waals surface area contributed by atoms with Crippen LogP contribution in [0, 0.1) is 13.8 Å². The van der Waals surface area contributed by atoms with Gasteiger partial charge in [-0.15, -0.1) is 9.36 Å². The summed E-state index contributed by atoms with van der Waals surface area (Å²) in [6.45, 7) is 10.1. The molecule has 0 fully saturated rings. The molecule has 6 heterocycles. The molecule has 10 heteroatoms. The molecule has 2 aliphatic rings. The zero-order chi connectivity index (χ0) is 23.5. The van der Waals surface area contributed by atoms with Gasteiger partial charge < -0.3 is 0 Å². The largest absolute Gasteiger partial charge is 0.583 e. The third-order valence-corrected chi connectivity index (χ3v) is 6.36. The Bertz CT molecular complexity index is 1470. The molecule has 2 aliphatic heterocycles. The molecule has 6 rings (SSSR count). The third kappa shape index (κ3) is 2.43. The van der Waals surface area contributed by atoms with Crippen molar-refractivity contribution in [1.82, 2.24) is 24.5 Å². The first kappa shape index (κ1) is 20.1. The zero-order valence-electron chi connectivity index (χ0n) is 18.8. The van der Waals surface area contributed by atoms with Gasteiger partial charge in [0.15, 0.2) is 17.6 Å². The van der Waals surface area contributed by atoms with Gasteiger partial charge in [0.25, 0.3) is 5.69 Å². The van der Waals surface area contributed by atoms with E-state index in [1.54, 1.807) is 10.9 Å². The van der Waals surface area contributed by atoms with Crippen LogP contribution in [0.15, 0.2) is 42.9 Å². The summed E-state index contributed by atoms with van der Waals surface area (Å²) in [7, 11) is 0. The lowest BCUT2D eigenvalue weighted by molar-refractivity contribution is -0.991. The van der Waals surface area contributed by atoms with Crippen molar-refractivity contribution in [2.45, 2.75) is 52.1 Å². The summed E-state index contributed by atoms with van der Waals surface area (Å²) in [6, 6.07) is 7.12. The van der Waals surface area contributed by atoms with Gasteiger partial charge in [0.2, 0.25) is 11.9 Å². The number of hydrogen-bond acceptors (Lipinski definition) is 3. The Hall–Kier alpha value is -3.56. The van der Waals surface area contributed by atoms with Crippen molar-refractivity contribution in [1.29, 1.82) is 0 Å². The number of fused-ring (bicyclic) bond motifs is 10. The smallest absolute Gasteiger partial charge is 0.248 e. The molecule has 4 aromatic heterocycles. The summed E-state index contributed by atoms with van der Waals surface area (Å²) in [5.41, 5.74) is 4.07. The van der Waals surface area contributed by atoms with Crippen molar-refractivity contribution >= 4 is 0 Å². The molecule has 1 atom stereocenters. The Morgan fingerprint density at radius 2 is 1.58 bits per heavy atom. The van der Waals surface area contributed by atoms with Gasteiger partial charge >= 0.3 is 12.1 Å². The first-order valence-corrected chi connectivity index (χ1v) is 10.6. The average Bonchev–Trinajstić information content (AvgIpc) is 3.42. The number of rotatable bonds is 0. The van der Waals surface area contributed by atoms with E-state index in [-0.39, 0.29) is 5.41 Å². The first-order chi connectivity index (χ1) is 15.4. The van der Waals surface area contributed by atoms with Gasteiger partial charge in [0.05, 0.1) is 5.69 Å². The van der Waals surface area contributed by atoms with Crippen LogP contribution in [0.3, 0.4) is 0 Å². The van der Waals surface area contributed by atoms with E-state index in [1.807, 2.05) is 47.5 Å². The second-order valence-electron chi connectivity index (χ2n) is 9.71. The predicted octanol–water partition coefficient (Wildman–Crippen LogP) is 3.16. The van der Waals surface area contributed by atoms with Crippen molar-refractivity contribution in [3.05, 3.63) is 65.5 Å². The number of halogens is 3. The highest BCUT2D eigenvalue weighted by Gasteiger charge is 2.70. The second-order valence-corrected chi connectivity index (χ2v) is 9.71. The second kappa shape index (κ2) is 5.86. The lowest BCUT2D eigenvalue weighted by Gasteiger charge is -2.19. The van der Waals surface area contributed by atoms with Crippen LogP contribution >= 0.6 is 0 Å². The monoisotopic (exact) mass is 453 g/mol. The molecule has 0 saturated heterocycles. The number of alkyl halides is 3. The standard InChI is InChI=1S/C23H22F3N7/c1-13-8-17-16-9-15(21(3,4)5)6-7-30(16)23(32(17)28-13)31-12-14(2)27-11-19(31)18-10-20(22(24,25)26)29-33(18)23/h6-12H,1-5H3/q+2. The number of aryl methyl sites for hydroxylation is 2. The van der Waals surface area contributed by atoms with Crippen molar-refractivity contribution in [3.63, 3.8) is 0 Å². The Kier molecular flexibility index (Phi) is 3.57. The lowest BCUT2D eigenvalue weighted by Crippen LogP contribution is -2.77. The molecule has 1 unspecified atom stereocenters. The van der Waals surface area contributed by atoms with E-state index in [0.717, 1.165) is 34.4 Å². The SMILES string of the molecule is Cc1c[n+]2c(cn1)-c1cc(C(F)(F)F)nn1C21n2nc(C)cc2-c2cc(C(C)(C)C)cc[n+]21. The highest BCUT2D eigenvalue weighted by Crippen LogP contribution is 2.41. The molecule has 4 aromatic rings. The molecule has 0 aromatic carbocycles. The van der Waals surface area contributed by atoms with Crippen molar-refractivity contribution in [3.8, 4) is 22.8 Å². The molecule has 0 saturated carbocycles. The fraction of sp³-hybridized carbons (Fsp3) is 0.348. The maximum atomic E-state index is 13.7. The topological polar surface area (TPSA) is 56.3 Å². The third-order valence-electron chi connectivity index (χ3n) is 6.36. The number of hydrogen-bond donors (Lipinski definition) is 0. The van der Waals surface area contributed by atoms with Gasteiger partial charge in [-0.25, -0.2) is 4.98 Å². The van der Waals surface area contributed by atoms with Crippen molar-refractivity contribution in [2.24, 2.45) is 0 Å². The Balaban J connectivity index is 1.77. The maximum absolute atomic E-state index is 13.7.